The monoisotopic (exact) mass is 295 g/mol. The molecule has 0 aromatic heterocycles. The third kappa shape index (κ3) is 3.69. The Hall–Kier alpha value is -0.810. The molecular formula is C16H29N3O2. The minimum absolute atomic E-state index is 0.0343. The van der Waals surface area contributed by atoms with Crippen molar-refractivity contribution in [2.45, 2.75) is 75.5 Å². The highest BCUT2D eigenvalue weighted by Crippen LogP contribution is 2.34. The van der Waals surface area contributed by atoms with Crippen molar-refractivity contribution in [1.82, 2.24) is 15.5 Å². The molecule has 120 valence electrons. The van der Waals surface area contributed by atoms with E-state index in [1.54, 1.807) is 0 Å². The Labute approximate surface area is 127 Å². The number of carbonyl (C=O) groups is 1. The number of fused-ring (bicyclic) bond motifs is 2. The van der Waals surface area contributed by atoms with Crippen LogP contribution in [0.25, 0.3) is 0 Å². The lowest BCUT2D eigenvalue weighted by molar-refractivity contribution is 0.0507. The standard InChI is InChI=1S/C16H29N3O2/c1-19-13-3-2-4-14(19)10-12(9-13)17-16(21)18-15(7-8-20)11-5-6-11/h11-15,20H,2-10H2,1H3,(H2,17,18,21)/t13-,14-,15-/m0/s1. The summed E-state index contributed by atoms with van der Waals surface area (Å²) in [5.41, 5.74) is 0. The highest BCUT2D eigenvalue weighted by Gasteiger charge is 2.37. The van der Waals surface area contributed by atoms with Crippen molar-refractivity contribution < 1.29 is 9.90 Å². The summed E-state index contributed by atoms with van der Waals surface area (Å²) in [6.07, 6.45) is 9.06. The van der Waals surface area contributed by atoms with E-state index in [0.29, 0.717) is 30.5 Å². The lowest BCUT2D eigenvalue weighted by atomic mass is 9.82. The Kier molecular flexibility index (Phi) is 4.69. The van der Waals surface area contributed by atoms with Gasteiger partial charge < -0.3 is 20.6 Å². The number of rotatable bonds is 5. The normalized spacial score (nSPS) is 34.3. The molecule has 2 aliphatic heterocycles. The fraction of sp³-hybridized carbons (Fsp3) is 0.938. The van der Waals surface area contributed by atoms with E-state index in [1.165, 1.54) is 32.1 Å². The van der Waals surface area contributed by atoms with Crippen LogP contribution < -0.4 is 10.6 Å². The molecule has 3 aliphatic rings. The van der Waals surface area contributed by atoms with Gasteiger partial charge in [-0.2, -0.15) is 0 Å². The van der Waals surface area contributed by atoms with E-state index in [0.717, 1.165) is 12.8 Å². The van der Waals surface area contributed by atoms with Gasteiger partial charge in [0.25, 0.3) is 0 Å². The van der Waals surface area contributed by atoms with Crippen LogP contribution in [0.15, 0.2) is 0 Å². The Morgan fingerprint density at radius 2 is 1.90 bits per heavy atom. The van der Waals surface area contributed by atoms with Gasteiger partial charge in [0.1, 0.15) is 0 Å². The van der Waals surface area contributed by atoms with Crippen molar-refractivity contribution in [2.75, 3.05) is 13.7 Å². The molecule has 3 fully saturated rings. The van der Waals surface area contributed by atoms with Crippen molar-refractivity contribution in [3.63, 3.8) is 0 Å². The molecule has 0 spiro atoms. The SMILES string of the molecule is CN1[C@H]2CCC[C@H]1CC(NC(=O)N[C@@H](CCO)C1CC1)C2. The Morgan fingerprint density at radius 3 is 2.48 bits per heavy atom. The first-order valence-corrected chi connectivity index (χ1v) is 8.57. The zero-order valence-corrected chi connectivity index (χ0v) is 13.1. The molecule has 2 bridgehead atoms. The topological polar surface area (TPSA) is 64.6 Å². The fourth-order valence-corrected chi connectivity index (χ4v) is 4.19. The molecule has 1 aliphatic carbocycles. The van der Waals surface area contributed by atoms with Crippen LogP contribution in [0.4, 0.5) is 4.79 Å². The van der Waals surface area contributed by atoms with E-state index in [9.17, 15) is 4.79 Å². The smallest absolute Gasteiger partial charge is 0.315 e. The highest BCUT2D eigenvalue weighted by molar-refractivity contribution is 5.74. The van der Waals surface area contributed by atoms with Crippen LogP contribution in [0.2, 0.25) is 0 Å². The Bertz CT molecular complexity index is 359. The number of aliphatic hydroxyl groups is 1. The number of amides is 2. The van der Waals surface area contributed by atoms with Crippen molar-refractivity contribution in [1.29, 1.82) is 0 Å². The van der Waals surface area contributed by atoms with Crippen molar-refractivity contribution in [2.24, 2.45) is 5.92 Å². The van der Waals surface area contributed by atoms with Gasteiger partial charge >= 0.3 is 6.03 Å². The van der Waals surface area contributed by atoms with Gasteiger partial charge in [-0.15, -0.1) is 0 Å². The second-order valence-corrected chi connectivity index (χ2v) is 7.15. The van der Waals surface area contributed by atoms with Gasteiger partial charge in [0.2, 0.25) is 0 Å². The first-order valence-electron chi connectivity index (χ1n) is 8.57. The number of hydrogen-bond donors (Lipinski definition) is 3. The minimum atomic E-state index is -0.0343. The number of piperidine rings is 2. The summed E-state index contributed by atoms with van der Waals surface area (Å²) in [7, 11) is 2.23. The van der Waals surface area contributed by atoms with Crippen LogP contribution >= 0.6 is 0 Å². The maximum atomic E-state index is 12.2. The van der Waals surface area contributed by atoms with Gasteiger partial charge in [-0.3, -0.25) is 0 Å². The molecule has 3 N–H and O–H groups in total. The number of hydrogen-bond acceptors (Lipinski definition) is 3. The first kappa shape index (κ1) is 15.1. The largest absolute Gasteiger partial charge is 0.396 e. The maximum absolute atomic E-state index is 12.2. The molecule has 0 radical (unpaired) electrons. The van der Waals surface area contributed by atoms with E-state index in [1.807, 2.05) is 0 Å². The third-order valence-electron chi connectivity index (χ3n) is 5.62. The van der Waals surface area contributed by atoms with E-state index in [-0.39, 0.29) is 18.7 Å². The van der Waals surface area contributed by atoms with Gasteiger partial charge in [0.05, 0.1) is 0 Å². The number of urea groups is 1. The third-order valence-corrected chi connectivity index (χ3v) is 5.62. The van der Waals surface area contributed by atoms with E-state index < -0.39 is 0 Å². The van der Waals surface area contributed by atoms with Crippen LogP contribution in [0, 0.1) is 5.92 Å². The van der Waals surface area contributed by atoms with E-state index in [4.69, 9.17) is 5.11 Å². The molecule has 1 saturated carbocycles. The van der Waals surface area contributed by atoms with Crippen molar-refractivity contribution >= 4 is 6.03 Å². The molecule has 21 heavy (non-hydrogen) atoms. The highest BCUT2D eigenvalue weighted by atomic mass is 16.3. The van der Waals surface area contributed by atoms with E-state index in [2.05, 4.69) is 22.6 Å². The number of aliphatic hydroxyl groups excluding tert-OH is 1. The van der Waals surface area contributed by atoms with Crippen molar-refractivity contribution in [3.8, 4) is 0 Å². The number of nitrogens with one attached hydrogen (secondary N) is 2. The average Bonchev–Trinajstić information content (AvgIpc) is 3.24. The van der Waals surface area contributed by atoms with Crippen LogP contribution in [-0.2, 0) is 0 Å². The van der Waals surface area contributed by atoms with Crippen LogP contribution in [0.5, 0.6) is 0 Å². The summed E-state index contributed by atoms with van der Waals surface area (Å²) in [6, 6.07) is 1.71. The predicted molar refractivity (Wildman–Crippen MR) is 82.1 cm³/mol. The molecule has 5 heteroatoms. The molecule has 3 atom stereocenters. The lowest BCUT2D eigenvalue weighted by Crippen LogP contribution is -2.57. The van der Waals surface area contributed by atoms with Gasteiger partial charge in [0.15, 0.2) is 0 Å². The van der Waals surface area contributed by atoms with Gasteiger partial charge in [-0.05, 0) is 57.9 Å². The van der Waals surface area contributed by atoms with E-state index >= 15 is 0 Å². The molecule has 3 rings (SSSR count). The quantitative estimate of drug-likeness (QED) is 0.719. The maximum Gasteiger partial charge on any atom is 0.315 e. The predicted octanol–water partition coefficient (Wildman–Crippen LogP) is 1.46. The zero-order chi connectivity index (χ0) is 14.8. The Morgan fingerprint density at radius 1 is 1.24 bits per heavy atom. The molecule has 0 aromatic carbocycles. The number of nitrogens with zero attached hydrogens (tertiary/aromatic N) is 1. The second-order valence-electron chi connectivity index (χ2n) is 7.15. The molecule has 5 nitrogen and oxygen atoms in total. The summed E-state index contributed by atoms with van der Waals surface area (Å²) in [5.74, 6) is 0.583. The summed E-state index contributed by atoms with van der Waals surface area (Å²) in [4.78, 5) is 14.7. The minimum Gasteiger partial charge on any atom is -0.396 e. The van der Waals surface area contributed by atoms with Crippen LogP contribution in [0.1, 0.15) is 51.4 Å². The van der Waals surface area contributed by atoms with Crippen molar-refractivity contribution in [3.05, 3.63) is 0 Å². The Balaban J connectivity index is 1.48. The summed E-state index contributed by atoms with van der Waals surface area (Å²) in [6.45, 7) is 0.153. The average molecular weight is 295 g/mol. The first-order chi connectivity index (χ1) is 10.2. The molecular weight excluding hydrogens is 266 g/mol. The molecule has 0 aromatic rings. The summed E-state index contributed by atoms with van der Waals surface area (Å²) >= 11 is 0. The summed E-state index contributed by atoms with van der Waals surface area (Å²) < 4.78 is 0. The number of carbonyl (C=O) groups excluding carboxylic acids is 1. The molecule has 2 saturated heterocycles. The summed E-state index contributed by atoms with van der Waals surface area (Å²) in [5, 5.41) is 15.4. The van der Waals surface area contributed by atoms with Gasteiger partial charge in [-0.25, -0.2) is 4.79 Å². The second kappa shape index (κ2) is 6.53. The van der Waals surface area contributed by atoms with Crippen LogP contribution in [0.3, 0.4) is 0 Å². The molecule has 2 amide bonds. The van der Waals surface area contributed by atoms with Crippen LogP contribution in [-0.4, -0.2) is 53.9 Å². The lowest BCUT2D eigenvalue weighted by Gasteiger charge is -2.47. The fourth-order valence-electron chi connectivity index (χ4n) is 4.19. The molecule has 0 unspecified atom stereocenters. The van der Waals surface area contributed by atoms with Gasteiger partial charge in [-0.1, -0.05) is 6.42 Å². The zero-order valence-electron chi connectivity index (χ0n) is 13.1. The van der Waals surface area contributed by atoms with Gasteiger partial charge in [0, 0.05) is 30.8 Å². The molecule has 2 heterocycles.